The molecule has 0 bridgehead atoms. The molecule has 0 spiro atoms. The fourth-order valence-electron chi connectivity index (χ4n) is 3.34. The molecule has 2 amide bonds. The fraction of sp³-hybridized carbons (Fsp3) is 0.438. The van der Waals surface area contributed by atoms with E-state index >= 15 is 0 Å². The molecular formula is C16H18N2O9S. The van der Waals surface area contributed by atoms with Gasteiger partial charge in [-0.2, -0.15) is 8.42 Å². The molecule has 12 heteroatoms. The lowest BCUT2D eigenvalue weighted by Gasteiger charge is -2.29. The summed E-state index contributed by atoms with van der Waals surface area (Å²) in [4.78, 5) is 40.5. The Balaban J connectivity index is 1.58. The van der Waals surface area contributed by atoms with Crippen molar-refractivity contribution < 1.29 is 42.4 Å². The summed E-state index contributed by atoms with van der Waals surface area (Å²) in [6, 6.07) is 0.549. The van der Waals surface area contributed by atoms with Gasteiger partial charge < -0.3 is 15.1 Å². The summed E-state index contributed by atoms with van der Waals surface area (Å²) in [5.74, 6) is -4.05. The highest BCUT2D eigenvalue weighted by Gasteiger charge is 2.33. The van der Waals surface area contributed by atoms with Gasteiger partial charge in [-0.1, -0.05) is 0 Å². The molecule has 0 saturated heterocycles. The smallest absolute Gasteiger partial charge is 0.336 e. The van der Waals surface area contributed by atoms with Crippen molar-refractivity contribution in [2.24, 2.45) is 11.8 Å². The Morgan fingerprint density at radius 1 is 1.11 bits per heavy atom. The molecule has 1 aromatic rings. The predicted molar refractivity (Wildman–Crippen MR) is 90.5 cm³/mol. The second kappa shape index (κ2) is 7.28. The summed E-state index contributed by atoms with van der Waals surface area (Å²) < 4.78 is 31.4. The highest BCUT2D eigenvalue weighted by molar-refractivity contribution is 7.86. The van der Waals surface area contributed by atoms with E-state index in [2.05, 4.69) is 0 Å². The Morgan fingerprint density at radius 2 is 1.68 bits per heavy atom. The first-order chi connectivity index (χ1) is 13.1. The van der Waals surface area contributed by atoms with Gasteiger partial charge in [0.2, 0.25) is 5.88 Å². The molecule has 3 N–H and O–H groups in total. The molecule has 0 radical (unpaired) electrons. The molecule has 0 atom stereocenters. The molecule has 1 aliphatic carbocycles. The molecule has 28 heavy (non-hydrogen) atoms. The molecule has 11 nitrogen and oxygen atoms in total. The molecule has 1 saturated carbocycles. The maximum absolute atomic E-state index is 12.3. The molecule has 2 heterocycles. The van der Waals surface area contributed by atoms with Crippen LogP contribution in [-0.2, 0) is 24.5 Å². The van der Waals surface area contributed by atoms with Gasteiger partial charge in [0, 0.05) is 24.8 Å². The van der Waals surface area contributed by atoms with E-state index in [4.69, 9.17) is 9.39 Å². The Hall–Kier alpha value is -2.86. The molecule has 152 valence electrons. The summed E-state index contributed by atoms with van der Waals surface area (Å²) in [5.41, 5.74) is 0. The van der Waals surface area contributed by atoms with Gasteiger partial charge in [0.25, 0.3) is 27.8 Å². The molecular weight excluding hydrogens is 396 g/mol. The Morgan fingerprint density at radius 3 is 2.18 bits per heavy atom. The van der Waals surface area contributed by atoms with E-state index in [1.54, 1.807) is 0 Å². The second-order valence-electron chi connectivity index (χ2n) is 6.71. The summed E-state index contributed by atoms with van der Waals surface area (Å²) in [6.07, 6.45) is 4.31. The van der Waals surface area contributed by atoms with Crippen molar-refractivity contribution in [2.45, 2.75) is 30.6 Å². The highest BCUT2D eigenvalue weighted by Crippen LogP contribution is 2.33. The molecule has 1 fully saturated rings. The summed E-state index contributed by atoms with van der Waals surface area (Å²) >= 11 is 0. The Labute approximate surface area is 159 Å². The van der Waals surface area contributed by atoms with E-state index in [1.807, 2.05) is 0 Å². The first-order valence-corrected chi connectivity index (χ1v) is 9.88. The third-order valence-electron chi connectivity index (χ3n) is 4.86. The van der Waals surface area contributed by atoms with Crippen molar-refractivity contribution in [3.8, 4) is 11.8 Å². The largest absolute Gasteiger partial charge is 0.492 e. The summed E-state index contributed by atoms with van der Waals surface area (Å²) in [7, 11) is -4.81. The maximum Gasteiger partial charge on any atom is 0.336 e. The maximum atomic E-state index is 12.3. The van der Waals surface area contributed by atoms with Crippen molar-refractivity contribution in [1.29, 1.82) is 0 Å². The topological polar surface area (TPSA) is 163 Å². The van der Waals surface area contributed by atoms with E-state index in [1.165, 1.54) is 12.2 Å². The standard InChI is InChI=1S/C16H18N2O9S/c19-12-5-6-13(20)17(12)8-9-1-3-10(4-2-9)16(23)27-18-14(21)7-11(15(18)22)28(24,25)26/h5-7,9-10,21-22H,1-4,8H2,(H,24,25,26). The number of amides is 2. The van der Waals surface area contributed by atoms with Crippen LogP contribution in [-0.4, -0.2) is 57.1 Å². The van der Waals surface area contributed by atoms with Crippen molar-refractivity contribution in [1.82, 2.24) is 9.63 Å². The third kappa shape index (κ3) is 3.87. The molecule has 2 aliphatic rings. The molecule has 1 aliphatic heterocycles. The van der Waals surface area contributed by atoms with Crippen molar-refractivity contribution in [3.05, 3.63) is 18.2 Å². The number of hydrogen-bond donors (Lipinski definition) is 3. The normalized spacial score (nSPS) is 22.7. The molecule has 1 aromatic heterocycles. The minimum atomic E-state index is -4.81. The van der Waals surface area contributed by atoms with Gasteiger partial charge in [-0.05, 0) is 31.6 Å². The van der Waals surface area contributed by atoms with Gasteiger partial charge in [0.1, 0.15) is 0 Å². The van der Waals surface area contributed by atoms with Crippen LogP contribution in [0, 0.1) is 11.8 Å². The quantitative estimate of drug-likeness (QED) is 0.438. The van der Waals surface area contributed by atoms with E-state index in [0.29, 0.717) is 31.7 Å². The SMILES string of the molecule is O=C(On1c(O)cc(S(=O)(=O)O)c1O)C1CCC(CN2C(=O)C=CC2=O)CC1. The van der Waals surface area contributed by atoms with Crippen molar-refractivity contribution >= 4 is 27.9 Å². The number of aromatic nitrogens is 1. The first-order valence-electron chi connectivity index (χ1n) is 8.44. The van der Waals surface area contributed by atoms with Gasteiger partial charge in [0.05, 0.1) is 5.92 Å². The zero-order chi connectivity index (χ0) is 20.6. The van der Waals surface area contributed by atoms with Gasteiger partial charge in [-0.25, -0.2) is 4.79 Å². The Bertz CT molecular complexity index is 937. The molecule has 0 aromatic carbocycles. The summed E-state index contributed by atoms with van der Waals surface area (Å²) in [6.45, 7) is 0.267. The van der Waals surface area contributed by atoms with E-state index < -0.39 is 38.7 Å². The molecule has 0 unspecified atom stereocenters. The van der Waals surface area contributed by atoms with Crippen LogP contribution in [0.4, 0.5) is 0 Å². The first kappa shape index (κ1) is 19.9. The average Bonchev–Trinajstić information content (AvgIpc) is 3.09. The number of aromatic hydroxyl groups is 2. The number of hydrogen-bond acceptors (Lipinski definition) is 8. The predicted octanol–water partition coefficient (Wildman–Crippen LogP) is -0.167. The van der Waals surface area contributed by atoms with Crippen LogP contribution < -0.4 is 4.84 Å². The van der Waals surface area contributed by atoms with E-state index in [-0.39, 0.29) is 29.0 Å². The number of imide groups is 1. The number of carbonyl (C=O) groups excluding carboxylic acids is 3. The van der Waals surface area contributed by atoms with Gasteiger partial charge in [0.15, 0.2) is 4.90 Å². The van der Waals surface area contributed by atoms with Crippen LogP contribution in [0.3, 0.4) is 0 Å². The van der Waals surface area contributed by atoms with Crippen LogP contribution in [0.15, 0.2) is 23.1 Å². The number of rotatable bonds is 5. The van der Waals surface area contributed by atoms with Gasteiger partial charge >= 0.3 is 5.97 Å². The van der Waals surface area contributed by atoms with Crippen molar-refractivity contribution in [3.63, 3.8) is 0 Å². The average molecular weight is 414 g/mol. The van der Waals surface area contributed by atoms with E-state index in [0.717, 1.165) is 4.90 Å². The van der Waals surface area contributed by atoms with Crippen LogP contribution in [0.25, 0.3) is 0 Å². The van der Waals surface area contributed by atoms with Crippen LogP contribution in [0.5, 0.6) is 11.8 Å². The van der Waals surface area contributed by atoms with Gasteiger partial charge in [-0.15, -0.1) is 4.73 Å². The Kier molecular flexibility index (Phi) is 5.17. The minimum Gasteiger partial charge on any atom is -0.492 e. The minimum absolute atomic E-state index is 0.0383. The highest BCUT2D eigenvalue weighted by atomic mass is 32.2. The fourth-order valence-corrected chi connectivity index (χ4v) is 3.91. The lowest BCUT2D eigenvalue weighted by molar-refractivity contribution is -0.152. The van der Waals surface area contributed by atoms with Crippen molar-refractivity contribution in [2.75, 3.05) is 6.54 Å². The molecule has 3 rings (SSSR count). The zero-order valence-electron chi connectivity index (χ0n) is 14.5. The summed E-state index contributed by atoms with van der Waals surface area (Å²) in [5, 5.41) is 19.4. The van der Waals surface area contributed by atoms with Crippen LogP contribution >= 0.6 is 0 Å². The monoisotopic (exact) mass is 414 g/mol. The lowest BCUT2D eigenvalue weighted by Crippen LogP contribution is -2.37. The number of carbonyl (C=O) groups is 3. The third-order valence-corrected chi connectivity index (χ3v) is 5.72. The van der Waals surface area contributed by atoms with Crippen LogP contribution in [0.1, 0.15) is 25.7 Å². The zero-order valence-corrected chi connectivity index (χ0v) is 15.3. The van der Waals surface area contributed by atoms with E-state index in [9.17, 15) is 33.0 Å². The lowest BCUT2D eigenvalue weighted by atomic mass is 9.82. The van der Waals surface area contributed by atoms with Gasteiger partial charge in [-0.3, -0.25) is 19.0 Å². The van der Waals surface area contributed by atoms with Crippen LogP contribution in [0.2, 0.25) is 0 Å². The second-order valence-corrected chi connectivity index (χ2v) is 8.10. The number of nitrogens with zero attached hydrogens (tertiary/aromatic N) is 2.